The summed E-state index contributed by atoms with van der Waals surface area (Å²) in [6, 6.07) is 0. The van der Waals surface area contributed by atoms with E-state index >= 15 is 0 Å². The van der Waals surface area contributed by atoms with Gasteiger partial charge >= 0.3 is 13.5 Å². The minimum absolute atomic E-state index is 0.135. The number of aliphatic hydroxyl groups is 2. The highest BCUT2D eigenvalue weighted by Gasteiger charge is 2.45. The van der Waals surface area contributed by atoms with Crippen molar-refractivity contribution in [3.63, 3.8) is 0 Å². The predicted octanol–water partition coefficient (Wildman–Crippen LogP) is -2.13. The summed E-state index contributed by atoms with van der Waals surface area (Å²) in [6.07, 6.45) is -4.94. The van der Waals surface area contributed by atoms with Crippen molar-refractivity contribution in [3.8, 4) is 0 Å². The average molecular weight is 412 g/mol. The molecule has 5 atom stereocenters. The number of rotatable bonds is 6. The Morgan fingerprint density at radius 2 is 1.92 bits per heavy atom. The van der Waals surface area contributed by atoms with Gasteiger partial charge in [0.15, 0.2) is 6.23 Å². The zero-order valence-corrected chi connectivity index (χ0v) is 14.9. The highest BCUT2D eigenvalue weighted by Crippen LogP contribution is 2.57. The highest BCUT2D eigenvalue weighted by molar-refractivity contribution is 7.83. The third kappa shape index (κ3) is 5.00. The second kappa shape index (κ2) is 7.51. The van der Waals surface area contributed by atoms with Gasteiger partial charge in [0, 0.05) is 11.8 Å². The number of nitrogens with one attached hydrogen (secondary N) is 1. The minimum Gasteiger partial charge on any atom is -0.387 e. The van der Waals surface area contributed by atoms with E-state index in [0.29, 0.717) is 0 Å². The zero-order valence-electron chi connectivity index (χ0n) is 13.2. The molecule has 2 radical (unpaired) electrons. The van der Waals surface area contributed by atoms with E-state index in [2.05, 4.69) is 8.83 Å². The number of ether oxygens (including phenoxy) is 1. The van der Waals surface area contributed by atoms with Gasteiger partial charge in [0.1, 0.15) is 18.3 Å². The molecular formula is C10H15BN2O11P2. The monoisotopic (exact) mass is 412 g/mol. The van der Waals surface area contributed by atoms with Crippen molar-refractivity contribution in [1.29, 1.82) is 0 Å². The van der Waals surface area contributed by atoms with Crippen LogP contribution in [0.1, 0.15) is 11.8 Å². The quantitative estimate of drug-likeness (QED) is 0.253. The van der Waals surface area contributed by atoms with E-state index < -0.39 is 57.7 Å². The molecule has 26 heavy (non-hydrogen) atoms. The first kappa shape index (κ1) is 21.2. The van der Waals surface area contributed by atoms with E-state index in [1.54, 1.807) is 0 Å². The Hall–Kier alpha value is -1.08. The van der Waals surface area contributed by atoms with Crippen LogP contribution in [0.25, 0.3) is 0 Å². The standard InChI is InChI=1S/C10H15BN2O11P2/c1-4-2-13(10(17)12-8(4)16)9-7(15)6(14)5(23-9)3-22-25(11,18)24-26(19,20)21/h2,5-7,9,14-15H,3H2,1H3,(H,12,16,17)(H2,19,20,21)/t5-,6+,7?,9-,25?/m1/s1. The SMILES string of the molecule is [B]P(=O)(OC[C@H]1O[C@@H](n2cc(C)c(=O)[nH]c2=O)C(O)[C@H]1O)OP(=O)(O)O. The van der Waals surface area contributed by atoms with Gasteiger partial charge in [0.2, 0.25) is 7.57 Å². The van der Waals surface area contributed by atoms with Crippen LogP contribution in [0.15, 0.2) is 15.8 Å². The van der Waals surface area contributed by atoms with E-state index in [0.717, 1.165) is 10.8 Å². The fourth-order valence-electron chi connectivity index (χ4n) is 2.22. The lowest BCUT2D eigenvalue weighted by Crippen LogP contribution is -2.38. The second-order valence-electron chi connectivity index (χ2n) is 5.43. The molecule has 5 N–H and O–H groups in total. The third-order valence-corrected chi connectivity index (χ3v) is 5.67. The Morgan fingerprint density at radius 1 is 1.31 bits per heavy atom. The molecule has 0 amide bonds. The normalized spacial score (nSPS) is 28.8. The molecule has 0 bridgehead atoms. The molecule has 13 nitrogen and oxygen atoms in total. The molecule has 0 spiro atoms. The van der Waals surface area contributed by atoms with Crippen LogP contribution in [0, 0.1) is 6.92 Å². The summed E-state index contributed by atoms with van der Waals surface area (Å²) in [5.41, 5.74) is -1.42. The van der Waals surface area contributed by atoms with Crippen LogP contribution < -0.4 is 11.2 Å². The van der Waals surface area contributed by atoms with Gasteiger partial charge < -0.3 is 29.3 Å². The van der Waals surface area contributed by atoms with Crippen molar-refractivity contribution < 1.29 is 42.7 Å². The molecule has 16 heteroatoms. The van der Waals surface area contributed by atoms with Crippen LogP contribution in [0.5, 0.6) is 0 Å². The molecule has 1 fully saturated rings. The molecule has 1 aliphatic rings. The summed E-state index contributed by atoms with van der Waals surface area (Å²) < 4.78 is 36.7. The Bertz CT molecular complexity index is 878. The minimum atomic E-state index is -5.20. The molecule has 144 valence electrons. The smallest absolute Gasteiger partial charge is 0.387 e. The summed E-state index contributed by atoms with van der Waals surface area (Å²) in [5.74, 6) is 0. The molecule has 1 saturated heterocycles. The zero-order chi connectivity index (χ0) is 19.9. The average Bonchev–Trinajstić information content (AvgIpc) is 2.75. The van der Waals surface area contributed by atoms with Gasteiger partial charge in [0.25, 0.3) is 13.0 Å². The summed E-state index contributed by atoms with van der Waals surface area (Å²) >= 11 is 0. The Morgan fingerprint density at radius 3 is 2.50 bits per heavy atom. The summed E-state index contributed by atoms with van der Waals surface area (Å²) in [4.78, 5) is 42.4. The van der Waals surface area contributed by atoms with Gasteiger partial charge in [-0.2, -0.15) is 0 Å². The Labute approximate surface area is 146 Å². The van der Waals surface area contributed by atoms with Gasteiger partial charge in [-0.1, -0.05) is 0 Å². The van der Waals surface area contributed by atoms with Crippen molar-refractivity contribution >= 4 is 22.9 Å². The Kier molecular flexibility index (Phi) is 6.13. The molecule has 0 aliphatic carbocycles. The molecule has 2 heterocycles. The second-order valence-corrected chi connectivity index (χ2v) is 8.40. The number of nitrogens with zero attached hydrogens (tertiary/aromatic N) is 1. The van der Waals surface area contributed by atoms with E-state index in [1.165, 1.54) is 6.92 Å². The maximum atomic E-state index is 11.8. The van der Waals surface area contributed by atoms with E-state index in [-0.39, 0.29) is 5.56 Å². The number of aryl methyl sites for hydroxylation is 1. The molecule has 0 aromatic carbocycles. The van der Waals surface area contributed by atoms with Crippen molar-refractivity contribution in [3.05, 3.63) is 32.6 Å². The third-order valence-electron chi connectivity index (χ3n) is 3.40. The van der Waals surface area contributed by atoms with Crippen molar-refractivity contribution in [2.24, 2.45) is 0 Å². The molecule has 2 rings (SSSR count). The van der Waals surface area contributed by atoms with Crippen LogP contribution in [-0.4, -0.2) is 62.0 Å². The predicted molar refractivity (Wildman–Crippen MR) is 84.4 cm³/mol. The van der Waals surface area contributed by atoms with Crippen LogP contribution in [0.2, 0.25) is 0 Å². The molecule has 1 aromatic heterocycles. The maximum absolute atomic E-state index is 11.8. The molecule has 1 aliphatic heterocycles. The van der Waals surface area contributed by atoms with Crippen LogP contribution in [-0.2, 0) is 22.7 Å². The number of aromatic amines is 1. The molecule has 0 saturated carbocycles. The topological polar surface area (TPSA) is 198 Å². The Balaban J connectivity index is 2.14. The maximum Gasteiger partial charge on any atom is 0.476 e. The fraction of sp³-hybridized carbons (Fsp3) is 0.600. The number of hydrogen-bond acceptors (Lipinski definition) is 9. The van der Waals surface area contributed by atoms with Crippen molar-refractivity contribution in [2.45, 2.75) is 31.5 Å². The van der Waals surface area contributed by atoms with Gasteiger partial charge in [-0.3, -0.25) is 18.9 Å². The number of H-pyrrole nitrogens is 1. The van der Waals surface area contributed by atoms with Crippen molar-refractivity contribution in [1.82, 2.24) is 9.55 Å². The van der Waals surface area contributed by atoms with Crippen LogP contribution >= 0.6 is 15.3 Å². The van der Waals surface area contributed by atoms with E-state index in [1.807, 2.05) is 4.98 Å². The summed E-state index contributed by atoms with van der Waals surface area (Å²) in [6.45, 7) is 0.622. The lowest BCUT2D eigenvalue weighted by Gasteiger charge is -2.19. The molecule has 1 aromatic rings. The number of phosphoric acid groups is 1. The van der Waals surface area contributed by atoms with Gasteiger partial charge in [-0.25, -0.2) is 13.7 Å². The van der Waals surface area contributed by atoms with Gasteiger partial charge in [-0.05, 0) is 6.92 Å². The molecular weight excluding hydrogens is 397 g/mol. The van der Waals surface area contributed by atoms with E-state index in [9.17, 15) is 28.9 Å². The van der Waals surface area contributed by atoms with E-state index in [4.69, 9.17) is 22.1 Å². The fourth-order valence-corrected chi connectivity index (χ4v) is 3.95. The van der Waals surface area contributed by atoms with Gasteiger partial charge in [0.05, 0.1) is 6.61 Å². The van der Waals surface area contributed by atoms with Crippen LogP contribution in [0.4, 0.5) is 0 Å². The highest BCUT2D eigenvalue weighted by atomic mass is 31.3. The van der Waals surface area contributed by atoms with Gasteiger partial charge in [-0.15, -0.1) is 0 Å². The summed E-state index contributed by atoms with van der Waals surface area (Å²) in [7, 11) is -4.89. The first-order valence-electron chi connectivity index (χ1n) is 6.94. The number of hydrogen-bond donors (Lipinski definition) is 5. The lowest BCUT2D eigenvalue weighted by atomic mass is 10.1. The molecule has 2 unspecified atom stereocenters. The first-order chi connectivity index (χ1) is 11.8. The largest absolute Gasteiger partial charge is 0.476 e. The number of aromatic nitrogens is 2. The number of aliphatic hydroxyl groups excluding tert-OH is 2. The lowest BCUT2D eigenvalue weighted by molar-refractivity contribution is -0.0521. The van der Waals surface area contributed by atoms with Crippen LogP contribution in [0.3, 0.4) is 0 Å². The summed E-state index contributed by atoms with van der Waals surface area (Å²) in [5, 5.41) is 20.0. The first-order valence-corrected chi connectivity index (χ1v) is 10.1. The van der Waals surface area contributed by atoms with Crippen molar-refractivity contribution in [2.75, 3.05) is 6.61 Å².